The lowest BCUT2D eigenvalue weighted by Crippen LogP contribution is -2.62. The number of rotatable bonds is 6. The molecule has 1 heterocycles. The topological polar surface area (TPSA) is 62.6 Å². The minimum absolute atomic E-state index is 0.172. The summed E-state index contributed by atoms with van der Waals surface area (Å²) in [5.41, 5.74) is 0.605. The summed E-state index contributed by atoms with van der Waals surface area (Å²) in [7, 11) is 0. The minimum Gasteiger partial charge on any atom is -0.478 e. The van der Waals surface area contributed by atoms with Crippen LogP contribution in [0.15, 0.2) is 24.4 Å². The Hall–Kier alpha value is -1.13. The molecule has 0 spiro atoms. The lowest BCUT2D eigenvalue weighted by molar-refractivity contribution is -0.203. The highest BCUT2D eigenvalue weighted by molar-refractivity contribution is 5.14. The largest absolute Gasteiger partial charge is 0.478 e. The molecule has 0 unspecified atom stereocenters. The van der Waals surface area contributed by atoms with Crippen LogP contribution < -0.4 is 4.74 Å². The predicted octanol–water partition coefficient (Wildman–Crippen LogP) is 6.11. The van der Waals surface area contributed by atoms with Gasteiger partial charge in [0, 0.05) is 12.3 Å². The van der Waals surface area contributed by atoms with E-state index in [4.69, 9.17) is 4.74 Å². The van der Waals surface area contributed by atoms with Crippen molar-refractivity contribution in [1.82, 2.24) is 4.98 Å². The second kappa shape index (κ2) is 9.39. The maximum Gasteiger partial charge on any atom is 0.213 e. The van der Waals surface area contributed by atoms with Crippen LogP contribution in [-0.2, 0) is 0 Å². The summed E-state index contributed by atoms with van der Waals surface area (Å²) in [5, 5.41) is 22.3. The van der Waals surface area contributed by atoms with Crippen LogP contribution in [0.3, 0.4) is 0 Å². The lowest BCUT2D eigenvalue weighted by atomic mass is 9.41. The van der Waals surface area contributed by atoms with Gasteiger partial charge in [0.1, 0.15) is 0 Å². The van der Waals surface area contributed by atoms with Crippen LogP contribution in [0.2, 0.25) is 0 Å². The van der Waals surface area contributed by atoms with Crippen LogP contribution in [0.1, 0.15) is 85.5 Å². The molecule has 0 amide bonds. The van der Waals surface area contributed by atoms with Crippen LogP contribution in [0.5, 0.6) is 5.88 Å². The van der Waals surface area contributed by atoms with Crippen LogP contribution in [-0.4, -0.2) is 34.0 Å². The molecule has 4 nitrogen and oxygen atoms in total. The van der Waals surface area contributed by atoms with Crippen molar-refractivity contribution in [2.75, 3.05) is 6.61 Å². The summed E-state index contributed by atoms with van der Waals surface area (Å²) in [6.45, 7) is 10.5. The van der Waals surface area contributed by atoms with Gasteiger partial charge in [-0.05, 0) is 110 Å². The highest BCUT2D eigenvalue weighted by atomic mass is 16.5. The van der Waals surface area contributed by atoms with Gasteiger partial charge >= 0.3 is 0 Å². The lowest BCUT2D eigenvalue weighted by Gasteiger charge is -2.64. The molecule has 5 rings (SSSR count). The number of hydrogen-bond acceptors (Lipinski definition) is 4. The molecule has 0 radical (unpaired) electrons. The molecule has 34 heavy (non-hydrogen) atoms. The fraction of sp³-hybridized carbons (Fsp3) is 0.833. The first-order valence-corrected chi connectivity index (χ1v) is 14.2. The third-order valence-corrected chi connectivity index (χ3v) is 11.6. The van der Waals surface area contributed by atoms with Gasteiger partial charge < -0.3 is 14.9 Å². The van der Waals surface area contributed by atoms with Crippen LogP contribution in [0.4, 0.5) is 0 Å². The van der Waals surface area contributed by atoms with Gasteiger partial charge in [0.25, 0.3) is 0 Å². The van der Waals surface area contributed by atoms with E-state index in [9.17, 15) is 10.2 Å². The standard InChI is InChI=1S/C30H47NO3/c1-5-21-25-18-20(32)11-14-30(25,4)24-12-15-29(3)22(9-10-23(29)27(24)28(21)33)19(2)13-17-34-26-8-6-7-16-31-26/h6-8,16,19-25,27-28,32-33H,5,9-15,17-18H2,1-4H3/t19-,20-,21-,22-,23+,24+,25+,27+,28-,29-,30-/m1/s1. The van der Waals surface area contributed by atoms with E-state index in [1.807, 2.05) is 18.2 Å². The number of fused-ring (bicyclic) bond motifs is 5. The van der Waals surface area contributed by atoms with Crippen LogP contribution in [0.25, 0.3) is 0 Å². The molecular weight excluding hydrogens is 422 g/mol. The van der Waals surface area contributed by atoms with E-state index in [1.165, 1.54) is 25.7 Å². The molecule has 1 aromatic heterocycles. The number of pyridine rings is 1. The fourth-order valence-corrected chi connectivity index (χ4v) is 9.92. The number of aliphatic hydroxyl groups excluding tert-OH is 2. The summed E-state index contributed by atoms with van der Waals surface area (Å²) in [6, 6.07) is 5.84. The molecule has 11 atom stereocenters. The van der Waals surface area contributed by atoms with Crippen LogP contribution >= 0.6 is 0 Å². The van der Waals surface area contributed by atoms with E-state index in [0.717, 1.165) is 44.6 Å². The number of aliphatic hydroxyl groups is 2. The molecule has 0 saturated heterocycles. The molecule has 4 fully saturated rings. The number of aromatic nitrogens is 1. The predicted molar refractivity (Wildman–Crippen MR) is 135 cm³/mol. The molecule has 0 bridgehead atoms. The Morgan fingerprint density at radius 2 is 1.79 bits per heavy atom. The van der Waals surface area contributed by atoms with Gasteiger partial charge in [0.15, 0.2) is 0 Å². The molecule has 4 saturated carbocycles. The summed E-state index contributed by atoms with van der Waals surface area (Å²) in [6.07, 6.45) is 11.6. The van der Waals surface area contributed by atoms with Gasteiger partial charge in [-0.3, -0.25) is 0 Å². The van der Waals surface area contributed by atoms with E-state index in [0.29, 0.717) is 46.8 Å². The second-order valence-corrected chi connectivity index (χ2v) is 12.9. The van der Waals surface area contributed by atoms with E-state index < -0.39 is 0 Å². The highest BCUT2D eigenvalue weighted by Crippen LogP contribution is 2.69. The first-order chi connectivity index (χ1) is 16.3. The normalized spacial score (nSPS) is 46.8. The minimum atomic E-state index is -0.204. The van der Waals surface area contributed by atoms with Crippen molar-refractivity contribution >= 4 is 0 Å². The zero-order chi connectivity index (χ0) is 24.1. The first kappa shape index (κ1) is 24.6. The molecule has 1 aromatic rings. The van der Waals surface area contributed by atoms with Crippen molar-refractivity contribution in [2.24, 2.45) is 52.3 Å². The van der Waals surface area contributed by atoms with Gasteiger partial charge in [-0.25, -0.2) is 4.98 Å². The fourth-order valence-electron chi connectivity index (χ4n) is 9.92. The molecule has 4 aliphatic carbocycles. The highest BCUT2D eigenvalue weighted by Gasteiger charge is 2.64. The van der Waals surface area contributed by atoms with Crippen LogP contribution in [0, 0.1) is 52.3 Å². The van der Waals surface area contributed by atoms with E-state index >= 15 is 0 Å². The monoisotopic (exact) mass is 469 g/mol. The average Bonchev–Trinajstić information content (AvgIpc) is 3.18. The smallest absolute Gasteiger partial charge is 0.213 e. The van der Waals surface area contributed by atoms with Gasteiger partial charge in [-0.15, -0.1) is 0 Å². The molecular formula is C30H47NO3. The maximum atomic E-state index is 11.8. The first-order valence-electron chi connectivity index (χ1n) is 14.2. The Balaban J connectivity index is 1.32. The molecule has 0 aliphatic heterocycles. The maximum absolute atomic E-state index is 11.8. The summed E-state index contributed by atoms with van der Waals surface area (Å²) in [5.74, 6) is 4.53. The number of ether oxygens (including phenoxy) is 1. The SMILES string of the molecule is CC[C@H]1[C@@H](O)[C@@H]2[C@H](CC[C@]3(C)[C@@H]([C@H](C)CCOc4ccccn4)CC[C@@H]23)[C@@]2(C)CC[C@@H](O)C[C@@H]12. The van der Waals surface area contributed by atoms with E-state index in [2.05, 4.69) is 32.7 Å². The molecule has 190 valence electrons. The zero-order valence-electron chi connectivity index (χ0n) is 21.8. The van der Waals surface area contributed by atoms with E-state index in [-0.39, 0.29) is 17.6 Å². The summed E-state index contributed by atoms with van der Waals surface area (Å²) < 4.78 is 5.95. The molecule has 4 aliphatic rings. The van der Waals surface area contributed by atoms with Gasteiger partial charge in [-0.2, -0.15) is 0 Å². The molecule has 0 aromatic carbocycles. The quantitative estimate of drug-likeness (QED) is 0.527. The zero-order valence-corrected chi connectivity index (χ0v) is 21.8. The van der Waals surface area contributed by atoms with Crippen molar-refractivity contribution in [3.63, 3.8) is 0 Å². The Morgan fingerprint density at radius 3 is 2.53 bits per heavy atom. The number of hydrogen-bond donors (Lipinski definition) is 2. The van der Waals surface area contributed by atoms with Gasteiger partial charge in [0.05, 0.1) is 18.8 Å². The molecule has 4 heteroatoms. The van der Waals surface area contributed by atoms with Crippen molar-refractivity contribution in [3.05, 3.63) is 24.4 Å². The van der Waals surface area contributed by atoms with Crippen molar-refractivity contribution in [3.8, 4) is 5.88 Å². The number of nitrogens with zero attached hydrogens (tertiary/aromatic N) is 1. The van der Waals surface area contributed by atoms with Crippen molar-refractivity contribution in [1.29, 1.82) is 0 Å². The second-order valence-electron chi connectivity index (χ2n) is 12.9. The van der Waals surface area contributed by atoms with E-state index in [1.54, 1.807) is 6.20 Å². The summed E-state index contributed by atoms with van der Waals surface area (Å²) >= 11 is 0. The molecule has 2 N–H and O–H groups in total. The van der Waals surface area contributed by atoms with Crippen molar-refractivity contribution in [2.45, 2.75) is 97.7 Å². The Bertz CT molecular complexity index is 832. The average molecular weight is 470 g/mol. The summed E-state index contributed by atoms with van der Waals surface area (Å²) in [4.78, 5) is 4.30. The Kier molecular flexibility index (Phi) is 6.78. The Labute approximate surface area is 206 Å². The third kappa shape index (κ3) is 3.92. The van der Waals surface area contributed by atoms with Gasteiger partial charge in [0.2, 0.25) is 5.88 Å². The van der Waals surface area contributed by atoms with Gasteiger partial charge in [-0.1, -0.05) is 40.2 Å². The van der Waals surface area contributed by atoms with Crippen molar-refractivity contribution < 1.29 is 14.9 Å². The Morgan fingerprint density at radius 1 is 1.03 bits per heavy atom. The third-order valence-electron chi connectivity index (χ3n) is 11.6.